The molecule has 0 aromatic heterocycles. The van der Waals surface area contributed by atoms with Gasteiger partial charge in [0.05, 0.1) is 6.61 Å². The van der Waals surface area contributed by atoms with Crippen molar-refractivity contribution in [1.82, 2.24) is 10.2 Å². The van der Waals surface area contributed by atoms with Gasteiger partial charge in [-0.1, -0.05) is 25.1 Å². The molecule has 3 rings (SSSR count). The Hall–Kier alpha value is -1.06. The Morgan fingerprint density at radius 1 is 1.25 bits per heavy atom. The highest BCUT2D eigenvalue weighted by Crippen LogP contribution is 2.34. The lowest BCUT2D eigenvalue weighted by atomic mass is 9.98. The summed E-state index contributed by atoms with van der Waals surface area (Å²) in [4.78, 5) is 2.61. The maximum absolute atomic E-state index is 5.79. The van der Waals surface area contributed by atoms with Crippen LogP contribution in [0, 0.1) is 0 Å². The van der Waals surface area contributed by atoms with Gasteiger partial charge in [0.1, 0.15) is 5.75 Å². The predicted molar refractivity (Wildman–Crippen MR) is 82.4 cm³/mol. The van der Waals surface area contributed by atoms with Gasteiger partial charge in [-0.15, -0.1) is 0 Å². The van der Waals surface area contributed by atoms with Crippen molar-refractivity contribution < 1.29 is 4.74 Å². The van der Waals surface area contributed by atoms with Crippen LogP contribution in [0.2, 0.25) is 0 Å². The molecule has 110 valence electrons. The molecule has 20 heavy (non-hydrogen) atoms. The number of nitrogens with zero attached hydrogens (tertiary/aromatic N) is 1. The molecule has 3 heteroatoms. The Morgan fingerprint density at radius 3 is 2.85 bits per heavy atom. The van der Waals surface area contributed by atoms with Crippen molar-refractivity contribution in [2.45, 2.75) is 38.1 Å². The molecule has 1 N–H and O–H groups in total. The van der Waals surface area contributed by atoms with Crippen LogP contribution >= 0.6 is 0 Å². The van der Waals surface area contributed by atoms with Gasteiger partial charge >= 0.3 is 0 Å². The normalized spacial score (nSPS) is 23.6. The lowest BCUT2D eigenvalue weighted by Crippen LogP contribution is -2.44. The van der Waals surface area contributed by atoms with Crippen molar-refractivity contribution >= 4 is 0 Å². The molecule has 1 aromatic rings. The van der Waals surface area contributed by atoms with Crippen molar-refractivity contribution in [2.24, 2.45) is 0 Å². The number of benzene rings is 1. The molecule has 2 aliphatic heterocycles. The number of nitrogens with one attached hydrogen (secondary N) is 1. The van der Waals surface area contributed by atoms with E-state index in [0.717, 1.165) is 31.5 Å². The minimum atomic E-state index is 0.561. The van der Waals surface area contributed by atoms with E-state index in [1.807, 2.05) is 0 Å². The van der Waals surface area contributed by atoms with E-state index in [1.165, 1.54) is 37.9 Å². The molecule has 1 aromatic carbocycles. The number of likely N-dealkylation sites (tertiary alicyclic amines) is 1. The average molecular weight is 274 g/mol. The molecule has 2 heterocycles. The fraction of sp³-hybridized carbons (Fsp3) is 0.647. The number of para-hydroxylation sites is 1. The molecular weight excluding hydrogens is 248 g/mol. The zero-order chi connectivity index (χ0) is 13.8. The fourth-order valence-corrected chi connectivity index (χ4v) is 3.36. The van der Waals surface area contributed by atoms with Crippen molar-refractivity contribution in [3.05, 3.63) is 29.8 Å². The van der Waals surface area contributed by atoms with Crippen LogP contribution in [0.5, 0.6) is 5.75 Å². The Bertz CT molecular complexity index is 427. The van der Waals surface area contributed by atoms with Gasteiger partial charge in [0.15, 0.2) is 0 Å². The van der Waals surface area contributed by atoms with Crippen LogP contribution in [0.1, 0.15) is 37.7 Å². The van der Waals surface area contributed by atoms with Crippen LogP contribution in [0.3, 0.4) is 0 Å². The predicted octanol–water partition coefficient (Wildman–Crippen LogP) is 2.63. The molecule has 0 amide bonds. The standard InChI is InChI=1S/C17H26N2O/c1-2-9-18-15-7-10-19(11-8-15)12-14-13-20-17-6-4-3-5-16(14)17/h3-6,14-15,18H,2,7-13H2,1H3. The van der Waals surface area contributed by atoms with Gasteiger partial charge in [-0.25, -0.2) is 0 Å². The van der Waals surface area contributed by atoms with E-state index < -0.39 is 0 Å². The Morgan fingerprint density at radius 2 is 2.05 bits per heavy atom. The van der Waals surface area contributed by atoms with Crippen molar-refractivity contribution in [1.29, 1.82) is 0 Å². The van der Waals surface area contributed by atoms with Crippen LogP contribution in [-0.2, 0) is 0 Å². The van der Waals surface area contributed by atoms with E-state index in [-0.39, 0.29) is 0 Å². The van der Waals surface area contributed by atoms with E-state index in [1.54, 1.807) is 0 Å². The molecule has 0 radical (unpaired) electrons. The Balaban J connectivity index is 1.49. The number of piperidine rings is 1. The van der Waals surface area contributed by atoms with Gasteiger partial charge in [0.2, 0.25) is 0 Å². The topological polar surface area (TPSA) is 24.5 Å². The fourth-order valence-electron chi connectivity index (χ4n) is 3.36. The smallest absolute Gasteiger partial charge is 0.122 e. The second kappa shape index (κ2) is 6.59. The first-order valence-corrected chi connectivity index (χ1v) is 8.04. The van der Waals surface area contributed by atoms with Crippen molar-refractivity contribution in [3.8, 4) is 5.75 Å². The second-order valence-corrected chi connectivity index (χ2v) is 6.07. The van der Waals surface area contributed by atoms with E-state index in [9.17, 15) is 0 Å². The molecule has 0 bridgehead atoms. The molecule has 0 aliphatic carbocycles. The van der Waals surface area contributed by atoms with Gasteiger partial charge in [0.25, 0.3) is 0 Å². The zero-order valence-corrected chi connectivity index (χ0v) is 12.5. The van der Waals surface area contributed by atoms with E-state index in [4.69, 9.17) is 4.74 Å². The lowest BCUT2D eigenvalue weighted by molar-refractivity contribution is 0.179. The molecular formula is C17H26N2O. The summed E-state index contributed by atoms with van der Waals surface area (Å²) in [6.07, 6.45) is 3.81. The Kier molecular flexibility index (Phi) is 4.58. The van der Waals surface area contributed by atoms with Crippen molar-refractivity contribution in [2.75, 3.05) is 32.8 Å². The van der Waals surface area contributed by atoms with Gasteiger partial charge in [-0.3, -0.25) is 0 Å². The molecule has 0 saturated carbocycles. The molecule has 1 unspecified atom stereocenters. The minimum absolute atomic E-state index is 0.561. The lowest BCUT2D eigenvalue weighted by Gasteiger charge is -2.33. The maximum atomic E-state index is 5.79. The first-order valence-electron chi connectivity index (χ1n) is 8.04. The third kappa shape index (κ3) is 3.15. The van der Waals surface area contributed by atoms with Crippen LogP contribution < -0.4 is 10.1 Å². The molecule has 1 fully saturated rings. The van der Waals surface area contributed by atoms with Crippen LogP contribution in [0.25, 0.3) is 0 Å². The summed E-state index contributed by atoms with van der Waals surface area (Å²) in [5.41, 5.74) is 1.40. The average Bonchev–Trinajstić information content (AvgIpc) is 2.90. The number of ether oxygens (including phenoxy) is 1. The summed E-state index contributed by atoms with van der Waals surface area (Å²) in [6.45, 7) is 7.85. The summed E-state index contributed by atoms with van der Waals surface area (Å²) < 4.78 is 5.79. The van der Waals surface area contributed by atoms with E-state index in [2.05, 4.69) is 41.4 Å². The number of hydrogen-bond donors (Lipinski definition) is 1. The summed E-state index contributed by atoms with van der Waals surface area (Å²) in [6, 6.07) is 9.24. The van der Waals surface area contributed by atoms with Gasteiger partial charge in [0, 0.05) is 24.1 Å². The molecule has 1 saturated heterocycles. The SMILES string of the molecule is CCCNC1CCN(CC2COc3ccccc32)CC1. The monoisotopic (exact) mass is 274 g/mol. The van der Waals surface area contributed by atoms with E-state index in [0.29, 0.717) is 5.92 Å². The minimum Gasteiger partial charge on any atom is -0.493 e. The number of fused-ring (bicyclic) bond motifs is 1. The third-order valence-electron chi connectivity index (χ3n) is 4.55. The molecule has 3 nitrogen and oxygen atoms in total. The van der Waals surface area contributed by atoms with Crippen LogP contribution in [-0.4, -0.2) is 43.7 Å². The highest BCUT2D eigenvalue weighted by atomic mass is 16.5. The van der Waals surface area contributed by atoms with Gasteiger partial charge < -0.3 is 15.0 Å². The highest BCUT2D eigenvalue weighted by Gasteiger charge is 2.27. The second-order valence-electron chi connectivity index (χ2n) is 6.07. The largest absolute Gasteiger partial charge is 0.493 e. The summed E-state index contributed by atoms with van der Waals surface area (Å²) >= 11 is 0. The van der Waals surface area contributed by atoms with E-state index >= 15 is 0 Å². The Labute approximate surface area is 122 Å². The third-order valence-corrected chi connectivity index (χ3v) is 4.55. The molecule has 2 aliphatic rings. The first-order chi connectivity index (χ1) is 9.86. The summed E-state index contributed by atoms with van der Waals surface area (Å²) in [5.74, 6) is 1.66. The number of rotatable bonds is 5. The first kappa shape index (κ1) is 13.9. The van der Waals surface area contributed by atoms with Gasteiger partial charge in [-0.05, 0) is 45.0 Å². The van der Waals surface area contributed by atoms with Crippen LogP contribution in [0.4, 0.5) is 0 Å². The maximum Gasteiger partial charge on any atom is 0.122 e. The molecule has 0 spiro atoms. The summed E-state index contributed by atoms with van der Waals surface area (Å²) in [5, 5.41) is 3.65. The quantitative estimate of drug-likeness (QED) is 0.893. The number of hydrogen-bond acceptors (Lipinski definition) is 3. The van der Waals surface area contributed by atoms with Crippen molar-refractivity contribution in [3.63, 3.8) is 0 Å². The summed E-state index contributed by atoms with van der Waals surface area (Å²) in [7, 11) is 0. The molecule has 1 atom stereocenters. The zero-order valence-electron chi connectivity index (χ0n) is 12.5. The van der Waals surface area contributed by atoms with Crippen LogP contribution in [0.15, 0.2) is 24.3 Å². The van der Waals surface area contributed by atoms with Gasteiger partial charge in [-0.2, -0.15) is 0 Å². The highest BCUT2D eigenvalue weighted by molar-refractivity contribution is 5.39.